The zero-order valence-electron chi connectivity index (χ0n) is 10.2. The van der Waals surface area contributed by atoms with E-state index in [0.29, 0.717) is 12.1 Å². The van der Waals surface area contributed by atoms with E-state index in [1.54, 1.807) is 0 Å². The smallest absolute Gasteiger partial charge is 0.0790 e. The summed E-state index contributed by atoms with van der Waals surface area (Å²) < 4.78 is 0. The van der Waals surface area contributed by atoms with Gasteiger partial charge in [-0.05, 0) is 43.9 Å². The van der Waals surface area contributed by atoms with Crippen molar-refractivity contribution in [3.8, 4) is 0 Å². The molecule has 2 atom stereocenters. The Balaban J connectivity index is 1.69. The number of hydrogen-bond donors (Lipinski definition) is 1. The van der Waals surface area contributed by atoms with E-state index in [-0.39, 0.29) is 0 Å². The Morgan fingerprint density at radius 3 is 2.13 bits per heavy atom. The van der Waals surface area contributed by atoms with Gasteiger partial charge in [0.25, 0.3) is 0 Å². The van der Waals surface area contributed by atoms with E-state index in [0.717, 1.165) is 11.8 Å². The fraction of sp³-hybridized carbons (Fsp3) is 1.00. The summed E-state index contributed by atoms with van der Waals surface area (Å²) in [6.45, 7) is 4.72. The van der Waals surface area contributed by atoms with Gasteiger partial charge in [0, 0.05) is 6.04 Å². The first-order valence-electron chi connectivity index (χ1n) is 6.65. The number of hydrogen-bond acceptors (Lipinski definition) is 2. The summed E-state index contributed by atoms with van der Waals surface area (Å²) in [6.07, 6.45) is 9.68. The average Bonchev–Trinajstić information content (AvgIpc) is 2.65. The van der Waals surface area contributed by atoms with Gasteiger partial charge in [0.05, 0.1) is 6.10 Å². The summed E-state index contributed by atoms with van der Waals surface area (Å²) in [5, 5.41) is 0. The van der Waals surface area contributed by atoms with Gasteiger partial charge >= 0.3 is 0 Å². The highest BCUT2D eigenvalue weighted by molar-refractivity contribution is 4.78. The lowest BCUT2D eigenvalue weighted by Gasteiger charge is -2.32. The quantitative estimate of drug-likeness (QED) is 0.723. The Hall–Kier alpha value is -0.0800. The molecule has 88 valence electrons. The molecule has 1 N–H and O–H groups in total. The van der Waals surface area contributed by atoms with Crippen molar-refractivity contribution >= 4 is 0 Å². The Morgan fingerprint density at radius 1 is 0.933 bits per heavy atom. The molecule has 0 heterocycles. The zero-order valence-corrected chi connectivity index (χ0v) is 10.2. The topological polar surface area (TPSA) is 21.3 Å². The molecule has 2 rings (SSSR count). The van der Waals surface area contributed by atoms with E-state index in [9.17, 15) is 0 Å². The molecule has 0 aliphatic heterocycles. The van der Waals surface area contributed by atoms with Crippen LogP contribution in [0.25, 0.3) is 0 Å². The maximum Gasteiger partial charge on any atom is 0.0790 e. The number of nitrogens with one attached hydrogen (secondary N) is 1. The predicted octanol–water partition coefficient (Wildman–Crippen LogP) is 3.27. The Morgan fingerprint density at radius 2 is 1.53 bits per heavy atom. The zero-order chi connectivity index (χ0) is 10.7. The molecule has 0 aromatic rings. The van der Waals surface area contributed by atoms with Crippen LogP contribution in [0.5, 0.6) is 0 Å². The molecule has 2 nitrogen and oxygen atoms in total. The Labute approximate surface area is 93.7 Å². The SMILES string of the molecule is CC1CC(C)CC(NOC2CCCC2)C1. The molecule has 0 aromatic carbocycles. The molecule has 2 saturated carbocycles. The van der Waals surface area contributed by atoms with Crippen molar-refractivity contribution in [2.24, 2.45) is 11.8 Å². The molecular formula is C13H25NO. The second-order valence-electron chi connectivity index (χ2n) is 5.76. The van der Waals surface area contributed by atoms with Crippen LogP contribution >= 0.6 is 0 Å². The van der Waals surface area contributed by atoms with Crippen LogP contribution in [-0.4, -0.2) is 12.1 Å². The lowest BCUT2D eigenvalue weighted by molar-refractivity contribution is -0.0529. The third-order valence-corrected chi connectivity index (χ3v) is 3.88. The van der Waals surface area contributed by atoms with E-state index in [2.05, 4.69) is 19.3 Å². The molecular weight excluding hydrogens is 186 g/mol. The minimum atomic E-state index is 0.498. The maximum atomic E-state index is 5.79. The molecule has 2 unspecified atom stereocenters. The van der Waals surface area contributed by atoms with Crippen LogP contribution in [0.4, 0.5) is 0 Å². The molecule has 0 aromatic heterocycles. The van der Waals surface area contributed by atoms with Crippen molar-refractivity contribution in [1.29, 1.82) is 0 Å². The fourth-order valence-electron chi connectivity index (χ4n) is 3.24. The molecule has 2 aliphatic rings. The summed E-state index contributed by atoms with van der Waals surface area (Å²) >= 11 is 0. The van der Waals surface area contributed by atoms with Crippen LogP contribution < -0.4 is 5.48 Å². The van der Waals surface area contributed by atoms with Crippen LogP contribution in [0.1, 0.15) is 58.8 Å². The highest BCUT2D eigenvalue weighted by Gasteiger charge is 2.25. The van der Waals surface area contributed by atoms with E-state index in [1.165, 1.54) is 44.9 Å². The number of rotatable bonds is 3. The largest absolute Gasteiger partial charge is 0.298 e. The van der Waals surface area contributed by atoms with Gasteiger partial charge in [-0.2, -0.15) is 5.48 Å². The molecule has 0 saturated heterocycles. The van der Waals surface area contributed by atoms with Gasteiger partial charge in [-0.25, -0.2) is 0 Å². The summed E-state index contributed by atoms with van der Waals surface area (Å²) in [5.41, 5.74) is 3.32. The first kappa shape index (κ1) is 11.4. The van der Waals surface area contributed by atoms with Gasteiger partial charge in [0.2, 0.25) is 0 Å². The molecule has 2 aliphatic carbocycles. The van der Waals surface area contributed by atoms with Gasteiger partial charge in [0.15, 0.2) is 0 Å². The van der Waals surface area contributed by atoms with Crippen LogP contribution in [0.15, 0.2) is 0 Å². The van der Waals surface area contributed by atoms with Crippen LogP contribution in [0, 0.1) is 11.8 Å². The Kier molecular flexibility index (Phi) is 4.04. The molecule has 0 radical (unpaired) electrons. The Bertz CT molecular complexity index is 179. The van der Waals surface area contributed by atoms with Crippen LogP contribution in [-0.2, 0) is 4.84 Å². The predicted molar refractivity (Wildman–Crippen MR) is 62.4 cm³/mol. The summed E-state index contributed by atoms with van der Waals surface area (Å²) in [7, 11) is 0. The summed E-state index contributed by atoms with van der Waals surface area (Å²) in [6, 6.07) is 0.601. The highest BCUT2D eigenvalue weighted by atomic mass is 16.7. The minimum Gasteiger partial charge on any atom is -0.298 e. The van der Waals surface area contributed by atoms with Gasteiger partial charge in [0.1, 0.15) is 0 Å². The van der Waals surface area contributed by atoms with E-state index >= 15 is 0 Å². The standard InChI is InChI=1S/C13H25NO/c1-10-7-11(2)9-12(8-10)14-15-13-5-3-4-6-13/h10-14H,3-9H2,1-2H3. The van der Waals surface area contributed by atoms with Crippen molar-refractivity contribution in [3.63, 3.8) is 0 Å². The molecule has 2 heteroatoms. The van der Waals surface area contributed by atoms with Crippen LogP contribution in [0.2, 0.25) is 0 Å². The fourth-order valence-corrected chi connectivity index (χ4v) is 3.24. The molecule has 0 spiro atoms. The molecule has 0 bridgehead atoms. The number of hydroxylamine groups is 1. The van der Waals surface area contributed by atoms with Gasteiger partial charge in [-0.3, -0.25) is 4.84 Å². The normalized spacial score (nSPS) is 38.4. The van der Waals surface area contributed by atoms with Crippen molar-refractivity contribution in [2.45, 2.75) is 70.9 Å². The van der Waals surface area contributed by atoms with Crippen molar-refractivity contribution in [2.75, 3.05) is 0 Å². The molecule has 2 fully saturated rings. The first-order valence-corrected chi connectivity index (χ1v) is 6.65. The van der Waals surface area contributed by atoms with Crippen molar-refractivity contribution < 1.29 is 4.84 Å². The molecule has 0 amide bonds. The monoisotopic (exact) mass is 211 g/mol. The lowest BCUT2D eigenvalue weighted by Crippen LogP contribution is -2.38. The van der Waals surface area contributed by atoms with Crippen LogP contribution in [0.3, 0.4) is 0 Å². The summed E-state index contributed by atoms with van der Waals surface area (Å²) in [4.78, 5) is 5.79. The van der Waals surface area contributed by atoms with Crippen molar-refractivity contribution in [3.05, 3.63) is 0 Å². The van der Waals surface area contributed by atoms with Crippen molar-refractivity contribution in [1.82, 2.24) is 5.48 Å². The highest BCUT2D eigenvalue weighted by Crippen LogP contribution is 2.29. The van der Waals surface area contributed by atoms with E-state index in [1.807, 2.05) is 0 Å². The van der Waals surface area contributed by atoms with Gasteiger partial charge in [-0.15, -0.1) is 0 Å². The van der Waals surface area contributed by atoms with E-state index < -0.39 is 0 Å². The minimum absolute atomic E-state index is 0.498. The van der Waals surface area contributed by atoms with E-state index in [4.69, 9.17) is 4.84 Å². The third-order valence-electron chi connectivity index (χ3n) is 3.88. The van der Waals surface area contributed by atoms with Gasteiger partial charge in [-0.1, -0.05) is 26.7 Å². The third kappa shape index (κ3) is 3.46. The molecule has 15 heavy (non-hydrogen) atoms. The lowest BCUT2D eigenvalue weighted by atomic mass is 9.81. The summed E-state index contributed by atoms with van der Waals surface area (Å²) in [5.74, 6) is 1.72. The second kappa shape index (κ2) is 5.31. The average molecular weight is 211 g/mol. The maximum absolute atomic E-state index is 5.79. The van der Waals surface area contributed by atoms with Gasteiger partial charge < -0.3 is 0 Å². The second-order valence-corrected chi connectivity index (χ2v) is 5.76. The first-order chi connectivity index (χ1) is 7.24.